The number of aromatic nitrogens is 3. The molecule has 0 aromatic carbocycles. The summed E-state index contributed by atoms with van der Waals surface area (Å²) in [5.41, 5.74) is -0.0809. The van der Waals surface area contributed by atoms with E-state index in [1.165, 1.54) is 20.3 Å². The van der Waals surface area contributed by atoms with Crippen LogP contribution in [0.5, 0.6) is 0 Å². The van der Waals surface area contributed by atoms with E-state index in [0.717, 1.165) is 16.1 Å². The van der Waals surface area contributed by atoms with Crippen LogP contribution in [0.25, 0.3) is 0 Å². The predicted octanol–water partition coefficient (Wildman–Crippen LogP) is 2.53. The lowest BCUT2D eigenvalue weighted by molar-refractivity contribution is -0.142. The van der Waals surface area contributed by atoms with Crippen molar-refractivity contribution in [1.82, 2.24) is 25.4 Å². The quantitative estimate of drug-likeness (QED) is 0.406. The fraction of sp³-hybridized carbons (Fsp3) is 0.500. The number of rotatable bonds is 4. The topological polar surface area (TPSA) is 80.3 Å². The van der Waals surface area contributed by atoms with Crippen molar-refractivity contribution < 1.29 is 17.6 Å². The van der Waals surface area contributed by atoms with Gasteiger partial charge in [-0.05, 0) is 13.8 Å². The lowest BCUT2D eigenvalue weighted by Gasteiger charge is -2.11. The highest BCUT2D eigenvalue weighted by Crippen LogP contribution is 2.30. The summed E-state index contributed by atoms with van der Waals surface area (Å²) in [6.45, 7) is 3.84. The second-order valence-electron chi connectivity index (χ2n) is 5.20. The number of alkyl halides is 3. The first-order valence-electron chi connectivity index (χ1n) is 7.18. The molecule has 2 rings (SSSR count). The Balaban J connectivity index is 0.00000312. The molecule has 0 spiro atoms. The van der Waals surface area contributed by atoms with Crippen LogP contribution in [0.3, 0.4) is 0 Å². The average molecular weight is 472 g/mol. The van der Waals surface area contributed by atoms with Gasteiger partial charge in [-0.25, -0.2) is 4.98 Å². The van der Waals surface area contributed by atoms with E-state index in [1.54, 1.807) is 6.92 Å². The lowest BCUT2D eigenvalue weighted by atomic mass is 10.2. The standard InChI is InChI=1S/C14H19F3N6O.HI/c1-8-9(2)24-11(21-8)6-20-13(18-3)19-5-10-7-23(4)22-12(10)14(15,16)17;/h7H,5-6H2,1-4H3,(H2,18,19,20);1H. The minimum absolute atomic E-state index is 0. The van der Waals surface area contributed by atoms with Gasteiger partial charge >= 0.3 is 6.18 Å². The van der Waals surface area contributed by atoms with Gasteiger partial charge in [-0.1, -0.05) is 0 Å². The number of nitrogens with zero attached hydrogens (tertiary/aromatic N) is 4. The van der Waals surface area contributed by atoms with E-state index in [4.69, 9.17) is 4.42 Å². The molecule has 0 radical (unpaired) electrons. The molecule has 0 aliphatic carbocycles. The summed E-state index contributed by atoms with van der Waals surface area (Å²) < 4.78 is 45.3. The highest BCUT2D eigenvalue weighted by molar-refractivity contribution is 14.0. The van der Waals surface area contributed by atoms with Crippen molar-refractivity contribution in [1.29, 1.82) is 0 Å². The fourth-order valence-corrected chi connectivity index (χ4v) is 2.08. The summed E-state index contributed by atoms with van der Waals surface area (Å²) in [5, 5.41) is 9.21. The van der Waals surface area contributed by atoms with Crippen molar-refractivity contribution in [3.8, 4) is 0 Å². The van der Waals surface area contributed by atoms with Gasteiger partial charge in [0.05, 0.1) is 12.2 Å². The van der Waals surface area contributed by atoms with Gasteiger partial charge in [0.25, 0.3) is 0 Å². The number of hydrogen-bond donors (Lipinski definition) is 2. The lowest BCUT2D eigenvalue weighted by Crippen LogP contribution is -2.36. The van der Waals surface area contributed by atoms with Crippen LogP contribution in [-0.4, -0.2) is 27.8 Å². The third-order valence-electron chi connectivity index (χ3n) is 3.32. The van der Waals surface area contributed by atoms with Crippen molar-refractivity contribution in [3.05, 3.63) is 34.8 Å². The van der Waals surface area contributed by atoms with Crippen molar-refractivity contribution >= 4 is 29.9 Å². The molecule has 0 unspecified atom stereocenters. The zero-order valence-corrected chi connectivity index (χ0v) is 16.6. The number of guanidine groups is 1. The highest BCUT2D eigenvalue weighted by Gasteiger charge is 2.36. The molecule has 0 amide bonds. The van der Waals surface area contributed by atoms with Gasteiger partial charge in [-0.3, -0.25) is 9.67 Å². The van der Waals surface area contributed by atoms with Crippen LogP contribution in [0, 0.1) is 13.8 Å². The molecule has 0 aliphatic heterocycles. The molecular formula is C14H20F3IN6O. The molecule has 2 N–H and O–H groups in total. The predicted molar refractivity (Wildman–Crippen MR) is 96.6 cm³/mol. The monoisotopic (exact) mass is 472 g/mol. The molecule has 2 heterocycles. The van der Waals surface area contributed by atoms with E-state index >= 15 is 0 Å². The third kappa shape index (κ3) is 5.61. The molecule has 0 saturated heterocycles. The fourth-order valence-electron chi connectivity index (χ4n) is 2.08. The Bertz CT molecular complexity index is 718. The van der Waals surface area contributed by atoms with Gasteiger partial charge in [-0.15, -0.1) is 24.0 Å². The molecule has 7 nitrogen and oxygen atoms in total. The molecule has 0 saturated carbocycles. The number of nitrogens with one attached hydrogen (secondary N) is 2. The van der Waals surface area contributed by atoms with Crippen LogP contribution in [0.15, 0.2) is 15.6 Å². The SMILES string of the molecule is CN=C(NCc1nc(C)c(C)o1)NCc1cn(C)nc1C(F)(F)F.I. The van der Waals surface area contributed by atoms with Gasteiger partial charge in [0.15, 0.2) is 11.7 Å². The second-order valence-corrected chi connectivity index (χ2v) is 5.20. The van der Waals surface area contributed by atoms with Crippen LogP contribution in [-0.2, 0) is 26.3 Å². The number of halogens is 4. The first-order valence-corrected chi connectivity index (χ1v) is 7.18. The summed E-state index contributed by atoms with van der Waals surface area (Å²) >= 11 is 0. The molecule has 0 aliphatic rings. The van der Waals surface area contributed by atoms with Gasteiger partial charge in [0.1, 0.15) is 5.76 Å². The van der Waals surface area contributed by atoms with Crippen molar-refractivity contribution in [2.24, 2.45) is 12.0 Å². The molecule has 11 heteroatoms. The van der Waals surface area contributed by atoms with E-state index in [9.17, 15) is 13.2 Å². The molecule has 0 fully saturated rings. The van der Waals surface area contributed by atoms with Gasteiger partial charge in [-0.2, -0.15) is 18.3 Å². The maximum Gasteiger partial charge on any atom is 0.435 e. The Hall–Kier alpha value is -1.79. The second kappa shape index (κ2) is 8.54. The zero-order valence-electron chi connectivity index (χ0n) is 14.2. The third-order valence-corrected chi connectivity index (χ3v) is 3.32. The van der Waals surface area contributed by atoms with Gasteiger partial charge in [0.2, 0.25) is 5.89 Å². The molecule has 2 aromatic heterocycles. The molecule has 2 aromatic rings. The maximum absolute atomic E-state index is 12.9. The van der Waals surface area contributed by atoms with Crippen molar-refractivity contribution in [3.63, 3.8) is 0 Å². The van der Waals surface area contributed by atoms with E-state index in [0.29, 0.717) is 11.9 Å². The first-order chi connectivity index (χ1) is 11.2. The van der Waals surface area contributed by atoms with E-state index in [1.807, 2.05) is 6.92 Å². The maximum atomic E-state index is 12.9. The van der Waals surface area contributed by atoms with Crippen LogP contribution < -0.4 is 10.6 Å². The molecule has 25 heavy (non-hydrogen) atoms. The van der Waals surface area contributed by atoms with Gasteiger partial charge in [0, 0.05) is 32.4 Å². The largest absolute Gasteiger partial charge is 0.444 e. The van der Waals surface area contributed by atoms with E-state index in [-0.39, 0.29) is 42.6 Å². The normalized spacial score (nSPS) is 12.0. The number of aryl methyl sites for hydroxylation is 3. The van der Waals surface area contributed by atoms with E-state index < -0.39 is 11.9 Å². The zero-order chi connectivity index (χ0) is 17.9. The summed E-state index contributed by atoms with van der Waals surface area (Å²) in [5.74, 6) is 1.53. The number of hydrogen-bond acceptors (Lipinski definition) is 4. The molecular weight excluding hydrogens is 452 g/mol. The number of oxazole rings is 1. The Morgan fingerprint density at radius 3 is 2.44 bits per heavy atom. The summed E-state index contributed by atoms with van der Waals surface area (Å²) in [6.07, 6.45) is -3.17. The van der Waals surface area contributed by atoms with Crippen LogP contribution in [0.4, 0.5) is 13.2 Å². The Morgan fingerprint density at radius 2 is 1.92 bits per heavy atom. The Labute approximate surface area is 160 Å². The molecule has 140 valence electrons. The van der Waals surface area contributed by atoms with Gasteiger partial charge < -0.3 is 15.1 Å². The smallest absolute Gasteiger partial charge is 0.435 e. The Kier molecular flexibility index (Phi) is 7.26. The summed E-state index contributed by atoms with van der Waals surface area (Å²) in [7, 11) is 2.97. The van der Waals surface area contributed by atoms with Crippen LogP contribution in [0.2, 0.25) is 0 Å². The van der Waals surface area contributed by atoms with Crippen molar-refractivity contribution in [2.45, 2.75) is 33.1 Å². The molecule has 0 atom stereocenters. The number of aliphatic imine (C=N–C) groups is 1. The highest BCUT2D eigenvalue weighted by atomic mass is 127. The van der Waals surface area contributed by atoms with Crippen LogP contribution >= 0.6 is 24.0 Å². The van der Waals surface area contributed by atoms with Crippen molar-refractivity contribution in [2.75, 3.05) is 7.05 Å². The molecule has 0 bridgehead atoms. The Morgan fingerprint density at radius 1 is 1.28 bits per heavy atom. The summed E-state index contributed by atoms with van der Waals surface area (Å²) in [6, 6.07) is 0. The van der Waals surface area contributed by atoms with E-state index in [2.05, 4.69) is 25.7 Å². The summed E-state index contributed by atoms with van der Waals surface area (Å²) in [4.78, 5) is 8.17. The first kappa shape index (κ1) is 21.3. The van der Waals surface area contributed by atoms with Crippen LogP contribution in [0.1, 0.15) is 28.6 Å². The minimum atomic E-state index is -4.50. The minimum Gasteiger partial charge on any atom is -0.444 e. The average Bonchev–Trinajstić information content (AvgIpc) is 3.02.